The summed E-state index contributed by atoms with van der Waals surface area (Å²) in [5.74, 6) is -0.176. The van der Waals surface area contributed by atoms with Crippen molar-refractivity contribution < 1.29 is 4.79 Å². The first-order valence-corrected chi connectivity index (χ1v) is 5.14. The molecule has 0 radical (unpaired) electrons. The highest BCUT2D eigenvalue weighted by molar-refractivity contribution is 5.97. The summed E-state index contributed by atoms with van der Waals surface area (Å²) < 4.78 is 0. The summed E-state index contributed by atoms with van der Waals surface area (Å²) in [6.07, 6.45) is 0.581. The van der Waals surface area contributed by atoms with Gasteiger partial charge in [0.05, 0.1) is 17.3 Å². The number of nitrogens with zero attached hydrogens (tertiary/aromatic N) is 2. The van der Waals surface area contributed by atoms with E-state index < -0.39 is 6.04 Å². The Bertz CT molecular complexity index is 423. The monoisotopic (exact) mass is 217 g/mol. The van der Waals surface area contributed by atoms with Crippen molar-refractivity contribution in [3.8, 4) is 6.07 Å². The molecule has 0 aromatic heterocycles. The van der Waals surface area contributed by atoms with Crippen LogP contribution in [0.5, 0.6) is 0 Å². The molecule has 4 nitrogen and oxygen atoms in total. The van der Waals surface area contributed by atoms with Crippen LogP contribution in [0.2, 0.25) is 0 Å². The minimum absolute atomic E-state index is 0.176. The molecule has 1 amide bonds. The molecule has 0 saturated heterocycles. The molecule has 0 bridgehead atoms. The van der Waals surface area contributed by atoms with Crippen LogP contribution in [0.25, 0.3) is 0 Å². The number of nitriles is 1. The Kier molecular flexibility index (Phi) is 4.03. The highest BCUT2D eigenvalue weighted by Gasteiger charge is 2.19. The molecule has 0 aliphatic heterocycles. The highest BCUT2D eigenvalue weighted by atomic mass is 16.2. The van der Waals surface area contributed by atoms with Gasteiger partial charge in [-0.2, -0.15) is 5.26 Å². The number of carbonyl (C=O) groups is 1. The number of amides is 1. The van der Waals surface area contributed by atoms with Gasteiger partial charge in [0.25, 0.3) is 0 Å². The summed E-state index contributed by atoms with van der Waals surface area (Å²) in [5, 5.41) is 8.93. The molecule has 4 heteroatoms. The molecule has 0 fully saturated rings. The Balaban J connectivity index is 3.01. The fraction of sp³-hybridized carbons (Fsp3) is 0.333. The Hall–Kier alpha value is -1.86. The third kappa shape index (κ3) is 2.38. The number of hydrogen-bond donors (Lipinski definition) is 1. The van der Waals surface area contributed by atoms with E-state index in [-0.39, 0.29) is 5.91 Å². The predicted octanol–water partition coefficient (Wildman–Crippen LogP) is 1.26. The van der Waals surface area contributed by atoms with Crippen molar-refractivity contribution in [2.75, 3.05) is 11.9 Å². The minimum Gasteiger partial charge on any atom is -0.320 e. The van der Waals surface area contributed by atoms with Crippen molar-refractivity contribution in [2.24, 2.45) is 5.73 Å². The first-order valence-electron chi connectivity index (χ1n) is 5.14. The lowest BCUT2D eigenvalue weighted by Crippen LogP contribution is -2.41. The highest BCUT2D eigenvalue weighted by Crippen LogP contribution is 2.18. The molecular formula is C12H15N3O. The molecule has 2 N–H and O–H groups in total. The molecule has 0 aliphatic carbocycles. The second-order valence-electron chi connectivity index (χ2n) is 3.54. The first kappa shape index (κ1) is 12.2. The molecule has 1 aromatic rings. The average molecular weight is 217 g/mol. The second kappa shape index (κ2) is 5.29. The standard InChI is InChI=1S/C12H15N3O/c1-3-10(14)12(16)15(2)11-7-5-4-6-9(11)8-13/h4-7,10H,3,14H2,1-2H3/t10-/m1/s1. The smallest absolute Gasteiger partial charge is 0.243 e. The van der Waals surface area contributed by atoms with Crippen LogP contribution in [0.15, 0.2) is 24.3 Å². The van der Waals surface area contributed by atoms with Gasteiger partial charge in [-0.05, 0) is 18.6 Å². The van der Waals surface area contributed by atoms with E-state index in [1.165, 1.54) is 4.90 Å². The Labute approximate surface area is 95.3 Å². The van der Waals surface area contributed by atoms with Gasteiger partial charge < -0.3 is 10.6 Å². The van der Waals surface area contributed by atoms with E-state index in [0.717, 1.165) is 0 Å². The van der Waals surface area contributed by atoms with Crippen LogP contribution in [0.4, 0.5) is 5.69 Å². The van der Waals surface area contributed by atoms with Crippen LogP contribution >= 0.6 is 0 Å². The molecule has 1 rings (SSSR count). The van der Waals surface area contributed by atoms with E-state index in [1.807, 2.05) is 6.92 Å². The van der Waals surface area contributed by atoms with Gasteiger partial charge in [-0.3, -0.25) is 4.79 Å². The maximum atomic E-state index is 11.8. The van der Waals surface area contributed by atoms with Gasteiger partial charge in [0.15, 0.2) is 0 Å². The summed E-state index contributed by atoms with van der Waals surface area (Å²) in [6.45, 7) is 1.85. The van der Waals surface area contributed by atoms with Crippen molar-refractivity contribution in [3.05, 3.63) is 29.8 Å². The average Bonchev–Trinajstić information content (AvgIpc) is 2.35. The van der Waals surface area contributed by atoms with Crippen molar-refractivity contribution in [3.63, 3.8) is 0 Å². The summed E-state index contributed by atoms with van der Waals surface area (Å²) in [6, 6.07) is 8.50. The molecule has 0 aliphatic rings. The molecular weight excluding hydrogens is 202 g/mol. The number of anilines is 1. The number of benzene rings is 1. The molecule has 0 unspecified atom stereocenters. The molecule has 0 heterocycles. The van der Waals surface area contributed by atoms with Gasteiger partial charge in [0.1, 0.15) is 6.07 Å². The molecule has 84 valence electrons. The van der Waals surface area contributed by atoms with Crippen LogP contribution in [0.1, 0.15) is 18.9 Å². The van der Waals surface area contributed by atoms with Crippen LogP contribution in [0.3, 0.4) is 0 Å². The predicted molar refractivity (Wildman–Crippen MR) is 62.8 cm³/mol. The van der Waals surface area contributed by atoms with Crippen molar-refractivity contribution in [1.29, 1.82) is 5.26 Å². The van der Waals surface area contributed by atoms with Gasteiger partial charge in [0.2, 0.25) is 5.91 Å². The molecule has 16 heavy (non-hydrogen) atoms. The zero-order valence-corrected chi connectivity index (χ0v) is 9.47. The SMILES string of the molecule is CC[C@@H](N)C(=O)N(C)c1ccccc1C#N. The van der Waals surface area contributed by atoms with Crippen molar-refractivity contribution in [1.82, 2.24) is 0 Å². The summed E-state index contributed by atoms with van der Waals surface area (Å²) in [4.78, 5) is 13.3. The van der Waals surface area contributed by atoms with E-state index in [0.29, 0.717) is 17.7 Å². The number of rotatable bonds is 3. The molecule has 0 saturated carbocycles. The lowest BCUT2D eigenvalue weighted by atomic mass is 10.1. The lowest BCUT2D eigenvalue weighted by molar-refractivity contribution is -0.119. The summed E-state index contributed by atoms with van der Waals surface area (Å²) in [7, 11) is 1.63. The second-order valence-corrected chi connectivity index (χ2v) is 3.54. The normalized spacial score (nSPS) is 11.6. The minimum atomic E-state index is -0.517. The van der Waals surface area contributed by atoms with Gasteiger partial charge in [0, 0.05) is 7.05 Å². The zero-order chi connectivity index (χ0) is 12.1. The number of nitrogens with two attached hydrogens (primary N) is 1. The van der Waals surface area contributed by atoms with E-state index >= 15 is 0 Å². The fourth-order valence-electron chi connectivity index (χ4n) is 1.40. The van der Waals surface area contributed by atoms with Crippen LogP contribution in [0, 0.1) is 11.3 Å². The quantitative estimate of drug-likeness (QED) is 0.828. The Morgan fingerprint density at radius 2 is 2.19 bits per heavy atom. The van der Waals surface area contributed by atoms with E-state index in [2.05, 4.69) is 6.07 Å². The maximum Gasteiger partial charge on any atom is 0.243 e. The largest absolute Gasteiger partial charge is 0.320 e. The number of carbonyl (C=O) groups excluding carboxylic acids is 1. The van der Waals surface area contributed by atoms with E-state index in [4.69, 9.17) is 11.0 Å². The van der Waals surface area contributed by atoms with E-state index in [9.17, 15) is 4.79 Å². The van der Waals surface area contributed by atoms with Gasteiger partial charge in [-0.15, -0.1) is 0 Å². The van der Waals surface area contributed by atoms with Gasteiger partial charge in [-0.25, -0.2) is 0 Å². The van der Waals surface area contributed by atoms with Gasteiger partial charge in [-0.1, -0.05) is 19.1 Å². The fourth-order valence-corrected chi connectivity index (χ4v) is 1.40. The molecule has 1 aromatic carbocycles. The van der Waals surface area contributed by atoms with Crippen LogP contribution in [-0.2, 0) is 4.79 Å². The van der Waals surface area contributed by atoms with Crippen molar-refractivity contribution in [2.45, 2.75) is 19.4 Å². The third-order valence-corrected chi connectivity index (χ3v) is 2.47. The zero-order valence-electron chi connectivity index (χ0n) is 9.47. The van der Waals surface area contributed by atoms with Gasteiger partial charge >= 0.3 is 0 Å². The maximum absolute atomic E-state index is 11.8. The molecule has 0 spiro atoms. The number of hydrogen-bond acceptors (Lipinski definition) is 3. The van der Waals surface area contributed by atoms with E-state index in [1.54, 1.807) is 31.3 Å². The van der Waals surface area contributed by atoms with Crippen LogP contribution in [-0.4, -0.2) is 19.0 Å². The lowest BCUT2D eigenvalue weighted by Gasteiger charge is -2.21. The van der Waals surface area contributed by atoms with Crippen molar-refractivity contribution >= 4 is 11.6 Å². The first-order chi connectivity index (χ1) is 7.61. The summed E-state index contributed by atoms with van der Waals surface area (Å²) in [5.41, 5.74) is 6.74. The topological polar surface area (TPSA) is 70.1 Å². The Morgan fingerprint density at radius 3 is 2.75 bits per heavy atom. The van der Waals surface area contributed by atoms with Crippen LogP contribution < -0.4 is 10.6 Å². The molecule has 1 atom stereocenters. The Morgan fingerprint density at radius 1 is 1.56 bits per heavy atom. The number of para-hydroxylation sites is 1. The third-order valence-electron chi connectivity index (χ3n) is 2.47. The summed E-state index contributed by atoms with van der Waals surface area (Å²) >= 11 is 0. The number of likely N-dealkylation sites (N-methyl/N-ethyl adjacent to an activating group) is 1.